The first-order valence-electron chi connectivity index (χ1n) is 10.9. The van der Waals surface area contributed by atoms with Gasteiger partial charge in [-0.2, -0.15) is 0 Å². The monoisotopic (exact) mass is 481 g/mol. The molecule has 10 heteroatoms. The lowest BCUT2D eigenvalue weighted by atomic mass is 10.2. The van der Waals surface area contributed by atoms with Crippen molar-refractivity contribution in [3.8, 4) is 5.88 Å². The Kier molecular flexibility index (Phi) is 12.6. The molecule has 1 saturated heterocycles. The topological polar surface area (TPSA) is 123 Å². The molecular weight excluding hydrogens is 446 g/mol. The van der Waals surface area contributed by atoms with Crippen molar-refractivity contribution in [1.82, 2.24) is 14.8 Å². The molecule has 1 aromatic heterocycles. The molecule has 2 unspecified atom stereocenters. The van der Waals surface area contributed by atoms with Crippen molar-refractivity contribution in [3.05, 3.63) is 36.0 Å². The molecule has 1 fully saturated rings. The number of ether oxygens (including phenoxy) is 1. The van der Waals surface area contributed by atoms with Gasteiger partial charge in [0.25, 0.3) is 0 Å². The maximum atomic E-state index is 9.55. The summed E-state index contributed by atoms with van der Waals surface area (Å²) in [6.07, 6.45) is 6.53. The molecule has 0 radical (unpaired) electrons. The SMILES string of the molecule is CC(C)O.CC1CCCN1CCC1CN(C)C(=S)c2cccnc2O1.O=C(O)/C=C/C(=O)O. The van der Waals surface area contributed by atoms with Gasteiger partial charge in [0.2, 0.25) is 5.88 Å². The van der Waals surface area contributed by atoms with E-state index in [1.54, 1.807) is 20.0 Å². The lowest BCUT2D eigenvalue weighted by Crippen LogP contribution is -2.37. The predicted molar refractivity (Wildman–Crippen MR) is 130 cm³/mol. The second-order valence-corrected chi connectivity index (χ2v) is 8.59. The summed E-state index contributed by atoms with van der Waals surface area (Å²) in [4.78, 5) is 29.0. The molecule has 3 heterocycles. The molecule has 0 saturated carbocycles. The number of hydrogen-bond acceptors (Lipinski definition) is 7. The van der Waals surface area contributed by atoms with Gasteiger partial charge in [-0.1, -0.05) is 12.2 Å². The Morgan fingerprint density at radius 1 is 1.30 bits per heavy atom. The van der Waals surface area contributed by atoms with E-state index >= 15 is 0 Å². The average molecular weight is 482 g/mol. The third-order valence-electron chi connectivity index (χ3n) is 4.90. The summed E-state index contributed by atoms with van der Waals surface area (Å²) in [5.74, 6) is -1.83. The first-order valence-corrected chi connectivity index (χ1v) is 11.3. The highest BCUT2D eigenvalue weighted by Gasteiger charge is 2.27. The largest absolute Gasteiger partial charge is 0.478 e. The quantitative estimate of drug-likeness (QED) is 0.427. The smallest absolute Gasteiger partial charge is 0.328 e. The van der Waals surface area contributed by atoms with Gasteiger partial charge in [-0.3, -0.25) is 0 Å². The zero-order valence-electron chi connectivity index (χ0n) is 19.7. The summed E-state index contributed by atoms with van der Waals surface area (Å²) >= 11 is 5.53. The number of carbonyl (C=O) groups is 2. The van der Waals surface area contributed by atoms with E-state index in [-0.39, 0.29) is 12.2 Å². The highest BCUT2D eigenvalue weighted by atomic mass is 32.1. The van der Waals surface area contributed by atoms with Gasteiger partial charge in [-0.05, 0) is 58.7 Å². The van der Waals surface area contributed by atoms with Crippen molar-refractivity contribution in [2.75, 3.05) is 26.7 Å². The van der Waals surface area contributed by atoms with Crippen molar-refractivity contribution < 1.29 is 29.6 Å². The van der Waals surface area contributed by atoms with Crippen LogP contribution in [-0.4, -0.2) is 92.0 Å². The molecule has 0 spiro atoms. The number of aromatic nitrogens is 1. The van der Waals surface area contributed by atoms with Gasteiger partial charge in [0.05, 0.1) is 12.1 Å². The van der Waals surface area contributed by atoms with E-state index in [0.29, 0.717) is 24.1 Å². The van der Waals surface area contributed by atoms with Crippen LogP contribution in [0.15, 0.2) is 30.5 Å². The van der Waals surface area contributed by atoms with Gasteiger partial charge in [-0.25, -0.2) is 14.6 Å². The summed E-state index contributed by atoms with van der Waals surface area (Å²) in [6, 6.07) is 4.61. The summed E-state index contributed by atoms with van der Waals surface area (Å²) < 4.78 is 6.13. The van der Waals surface area contributed by atoms with Crippen LogP contribution in [0, 0.1) is 0 Å². The molecule has 2 atom stereocenters. The number of carboxylic acid groups (broad SMARTS) is 2. The van der Waals surface area contributed by atoms with Crippen molar-refractivity contribution >= 4 is 29.1 Å². The van der Waals surface area contributed by atoms with E-state index in [9.17, 15) is 9.59 Å². The van der Waals surface area contributed by atoms with Crippen LogP contribution in [0.3, 0.4) is 0 Å². The van der Waals surface area contributed by atoms with E-state index in [2.05, 4.69) is 21.7 Å². The minimum Gasteiger partial charge on any atom is -0.478 e. The third-order valence-corrected chi connectivity index (χ3v) is 5.43. The number of fused-ring (bicyclic) bond motifs is 1. The highest BCUT2D eigenvalue weighted by molar-refractivity contribution is 7.80. The fraction of sp³-hybridized carbons (Fsp3) is 0.565. The van der Waals surface area contributed by atoms with E-state index in [1.807, 2.05) is 19.2 Å². The number of likely N-dealkylation sites (tertiary alicyclic amines) is 1. The first-order chi connectivity index (χ1) is 15.5. The number of aliphatic carboxylic acids is 2. The van der Waals surface area contributed by atoms with Gasteiger partial charge < -0.3 is 29.9 Å². The minimum absolute atomic E-state index is 0.150. The maximum absolute atomic E-state index is 9.55. The fourth-order valence-electron chi connectivity index (χ4n) is 3.36. The lowest BCUT2D eigenvalue weighted by molar-refractivity contribution is -0.134. The van der Waals surface area contributed by atoms with E-state index < -0.39 is 11.9 Å². The second kappa shape index (κ2) is 14.6. The van der Waals surface area contributed by atoms with E-state index in [4.69, 9.17) is 32.3 Å². The number of nitrogens with zero attached hydrogens (tertiary/aromatic N) is 3. The Morgan fingerprint density at radius 2 is 1.91 bits per heavy atom. The molecule has 2 aliphatic rings. The number of likely N-dealkylation sites (N-methyl/N-ethyl adjacent to an activating group) is 1. The molecule has 0 amide bonds. The van der Waals surface area contributed by atoms with Gasteiger partial charge in [-0.15, -0.1) is 0 Å². The lowest BCUT2D eigenvalue weighted by Gasteiger charge is -2.25. The molecular formula is C23H35N3O6S. The van der Waals surface area contributed by atoms with Crippen molar-refractivity contribution in [2.24, 2.45) is 0 Å². The second-order valence-electron chi connectivity index (χ2n) is 8.20. The standard InChI is InChI=1S/C16H23N3OS.C4H4O4.C3H8O/c1-12-5-4-9-19(12)10-7-13-11-18(2)16(21)14-6-3-8-17-15(14)20-13;5-3(6)1-2-4(7)8;1-3(2)4/h3,6,8,12-13H,4-5,7,9-11H2,1-2H3;1-2H,(H,5,6)(H,7,8);3-4H,1-2H3/b;2-1+;. The molecule has 33 heavy (non-hydrogen) atoms. The van der Waals surface area contributed by atoms with Gasteiger partial charge in [0.1, 0.15) is 11.1 Å². The number of rotatable bonds is 5. The molecule has 0 aliphatic carbocycles. The maximum Gasteiger partial charge on any atom is 0.328 e. The Balaban J connectivity index is 0.000000380. The van der Waals surface area contributed by atoms with Gasteiger partial charge >= 0.3 is 11.9 Å². The number of pyridine rings is 1. The molecule has 0 bridgehead atoms. The molecule has 3 N–H and O–H groups in total. The zero-order chi connectivity index (χ0) is 25.0. The zero-order valence-corrected chi connectivity index (χ0v) is 20.5. The molecule has 1 aromatic rings. The third kappa shape index (κ3) is 11.2. The summed E-state index contributed by atoms with van der Waals surface area (Å²) in [5.41, 5.74) is 0.937. The van der Waals surface area contributed by atoms with Gasteiger partial charge in [0, 0.05) is 44.1 Å². The average Bonchev–Trinajstić information content (AvgIpc) is 3.10. The van der Waals surface area contributed by atoms with Crippen LogP contribution in [0.25, 0.3) is 0 Å². The molecule has 3 rings (SSSR count). The van der Waals surface area contributed by atoms with Crippen LogP contribution in [-0.2, 0) is 9.59 Å². The van der Waals surface area contributed by atoms with Crippen LogP contribution in [0.4, 0.5) is 0 Å². The molecule has 184 valence electrons. The van der Waals surface area contributed by atoms with Crippen molar-refractivity contribution in [1.29, 1.82) is 0 Å². The Hall–Kier alpha value is -2.56. The minimum atomic E-state index is -1.26. The molecule has 9 nitrogen and oxygen atoms in total. The summed E-state index contributed by atoms with van der Waals surface area (Å²) in [6.45, 7) is 8.90. The summed E-state index contributed by atoms with van der Waals surface area (Å²) in [7, 11) is 2.04. The molecule has 2 aliphatic heterocycles. The Morgan fingerprint density at radius 3 is 2.42 bits per heavy atom. The number of aliphatic hydroxyl groups excluding tert-OH is 1. The number of aliphatic hydroxyl groups is 1. The normalized spacial score (nSPS) is 20.2. The van der Waals surface area contributed by atoms with Crippen molar-refractivity contribution in [3.63, 3.8) is 0 Å². The van der Waals surface area contributed by atoms with Gasteiger partial charge in [0.15, 0.2) is 0 Å². The van der Waals surface area contributed by atoms with Crippen LogP contribution < -0.4 is 4.74 Å². The Bertz CT molecular complexity index is 798. The van der Waals surface area contributed by atoms with Crippen LogP contribution in [0.2, 0.25) is 0 Å². The van der Waals surface area contributed by atoms with Crippen LogP contribution in [0.5, 0.6) is 5.88 Å². The Labute approximate surface area is 200 Å². The van der Waals surface area contributed by atoms with Crippen molar-refractivity contribution in [2.45, 2.75) is 58.3 Å². The highest BCUT2D eigenvalue weighted by Crippen LogP contribution is 2.24. The number of hydrogen-bond donors (Lipinski definition) is 3. The molecule has 0 aromatic carbocycles. The van der Waals surface area contributed by atoms with Crippen LogP contribution >= 0.6 is 12.2 Å². The fourth-order valence-corrected chi connectivity index (χ4v) is 3.59. The van der Waals surface area contributed by atoms with Crippen LogP contribution in [0.1, 0.15) is 45.6 Å². The van der Waals surface area contributed by atoms with E-state index in [0.717, 1.165) is 30.1 Å². The number of thiocarbonyl (C=S) groups is 1. The summed E-state index contributed by atoms with van der Waals surface area (Å²) in [5, 5.41) is 23.7. The number of carboxylic acids is 2. The first kappa shape index (κ1) is 28.5. The predicted octanol–water partition coefficient (Wildman–Crippen LogP) is 2.42. The van der Waals surface area contributed by atoms with E-state index in [1.165, 1.54) is 19.4 Å².